The fourth-order valence-corrected chi connectivity index (χ4v) is 2.66. The Morgan fingerprint density at radius 3 is 2.81 bits per heavy atom. The number of carbonyl (C=O) groups excluding carboxylic acids is 1. The lowest BCUT2D eigenvalue weighted by Crippen LogP contribution is -2.48. The molecule has 0 aromatic carbocycles. The van der Waals surface area contributed by atoms with Crippen LogP contribution in [0.4, 0.5) is 4.79 Å². The SMILES string of the molecule is CCOC(=O)N1CCC(NC(N)=NCC2CCCO2)CC1. The molecular formula is C14H26N4O3. The second-order valence-corrected chi connectivity index (χ2v) is 5.47. The number of rotatable bonds is 4. The molecule has 0 bridgehead atoms. The Bertz CT molecular complexity index is 361. The van der Waals surface area contributed by atoms with Crippen molar-refractivity contribution in [1.82, 2.24) is 10.2 Å². The highest BCUT2D eigenvalue weighted by molar-refractivity contribution is 5.78. The topological polar surface area (TPSA) is 89.2 Å². The van der Waals surface area contributed by atoms with Gasteiger partial charge in [0, 0.05) is 25.7 Å². The Kier molecular flexibility index (Phi) is 6.10. The van der Waals surface area contributed by atoms with Crippen molar-refractivity contribution in [3.05, 3.63) is 0 Å². The van der Waals surface area contributed by atoms with Gasteiger partial charge >= 0.3 is 6.09 Å². The highest BCUT2D eigenvalue weighted by Gasteiger charge is 2.23. The molecule has 1 atom stereocenters. The number of likely N-dealkylation sites (tertiary alicyclic amines) is 1. The maximum atomic E-state index is 11.6. The molecular weight excluding hydrogens is 272 g/mol. The normalized spacial score (nSPS) is 24.1. The fraction of sp³-hybridized carbons (Fsp3) is 0.857. The average molecular weight is 298 g/mol. The van der Waals surface area contributed by atoms with Gasteiger partial charge in [0.1, 0.15) is 0 Å². The van der Waals surface area contributed by atoms with Crippen LogP contribution in [-0.4, -0.2) is 61.9 Å². The number of hydrogen-bond acceptors (Lipinski definition) is 4. The van der Waals surface area contributed by atoms with Gasteiger partial charge in [-0.1, -0.05) is 0 Å². The van der Waals surface area contributed by atoms with Crippen LogP contribution >= 0.6 is 0 Å². The van der Waals surface area contributed by atoms with Crippen LogP contribution in [0, 0.1) is 0 Å². The molecule has 0 saturated carbocycles. The van der Waals surface area contributed by atoms with Crippen LogP contribution in [0.3, 0.4) is 0 Å². The van der Waals surface area contributed by atoms with Crippen LogP contribution in [0.25, 0.3) is 0 Å². The van der Waals surface area contributed by atoms with E-state index in [0.717, 1.165) is 32.3 Å². The Labute approximate surface area is 125 Å². The summed E-state index contributed by atoms with van der Waals surface area (Å²) in [6, 6.07) is 0.268. The van der Waals surface area contributed by atoms with Gasteiger partial charge < -0.3 is 25.4 Å². The first-order valence-electron chi connectivity index (χ1n) is 7.78. The van der Waals surface area contributed by atoms with Crippen molar-refractivity contribution in [1.29, 1.82) is 0 Å². The summed E-state index contributed by atoms with van der Waals surface area (Å²) in [5.41, 5.74) is 5.90. The molecule has 1 amide bonds. The maximum absolute atomic E-state index is 11.6. The number of nitrogens with one attached hydrogen (secondary N) is 1. The summed E-state index contributed by atoms with van der Waals surface area (Å²) in [6.07, 6.45) is 3.88. The maximum Gasteiger partial charge on any atom is 0.409 e. The van der Waals surface area contributed by atoms with Crippen LogP contribution in [-0.2, 0) is 9.47 Å². The van der Waals surface area contributed by atoms with E-state index in [-0.39, 0.29) is 18.2 Å². The second kappa shape index (κ2) is 8.07. The molecule has 2 aliphatic rings. The first-order chi connectivity index (χ1) is 10.2. The molecule has 2 rings (SSSR count). The third-order valence-electron chi connectivity index (χ3n) is 3.86. The predicted octanol–water partition coefficient (Wildman–Crippen LogP) is 0.691. The zero-order valence-corrected chi connectivity index (χ0v) is 12.7. The molecule has 3 N–H and O–H groups in total. The highest BCUT2D eigenvalue weighted by atomic mass is 16.6. The number of nitrogens with zero attached hydrogens (tertiary/aromatic N) is 2. The minimum atomic E-state index is -0.226. The van der Waals surface area contributed by atoms with Crippen molar-refractivity contribution in [3.8, 4) is 0 Å². The molecule has 2 fully saturated rings. The molecule has 1 unspecified atom stereocenters. The van der Waals surface area contributed by atoms with Gasteiger partial charge in [-0.2, -0.15) is 0 Å². The van der Waals surface area contributed by atoms with Crippen molar-refractivity contribution in [2.24, 2.45) is 10.7 Å². The zero-order valence-electron chi connectivity index (χ0n) is 12.7. The molecule has 21 heavy (non-hydrogen) atoms. The lowest BCUT2D eigenvalue weighted by Gasteiger charge is -2.31. The molecule has 2 aliphatic heterocycles. The highest BCUT2D eigenvalue weighted by Crippen LogP contribution is 2.13. The van der Waals surface area contributed by atoms with E-state index in [2.05, 4.69) is 10.3 Å². The van der Waals surface area contributed by atoms with Gasteiger partial charge in [0.15, 0.2) is 5.96 Å². The number of piperidine rings is 1. The standard InChI is InChI=1S/C14H26N4O3/c1-2-20-14(19)18-7-5-11(6-8-18)17-13(15)16-10-12-4-3-9-21-12/h11-12H,2-10H2,1H3,(H3,15,16,17). The number of nitrogens with two attached hydrogens (primary N) is 1. The van der Waals surface area contributed by atoms with E-state index in [1.807, 2.05) is 6.92 Å². The van der Waals surface area contributed by atoms with Crippen molar-refractivity contribution < 1.29 is 14.3 Å². The number of aliphatic imine (C=N–C) groups is 1. The zero-order chi connectivity index (χ0) is 15.1. The van der Waals surface area contributed by atoms with Crippen molar-refractivity contribution in [2.75, 3.05) is 32.8 Å². The van der Waals surface area contributed by atoms with Gasteiger partial charge in [-0.05, 0) is 32.6 Å². The summed E-state index contributed by atoms with van der Waals surface area (Å²) < 4.78 is 10.5. The summed E-state index contributed by atoms with van der Waals surface area (Å²) in [6.45, 7) is 5.07. The average Bonchev–Trinajstić information content (AvgIpc) is 2.99. The third kappa shape index (κ3) is 5.08. The predicted molar refractivity (Wildman–Crippen MR) is 80.2 cm³/mol. The van der Waals surface area contributed by atoms with Gasteiger partial charge in [0.2, 0.25) is 0 Å². The third-order valence-corrected chi connectivity index (χ3v) is 3.86. The molecule has 7 heteroatoms. The van der Waals surface area contributed by atoms with Crippen LogP contribution in [0.15, 0.2) is 4.99 Å². The Balaban J connectivity index is 1.67. The number of carbonyl (C=O) groups is 1. The molecule has 0 aromatic rings. The second-order valence-electron chi connectivity index (χ2n) is 5.47. The van der Waals surface area contributed by atoms with Crippen molar-refractivity contribution in [3.63, 3.8) is 0 Å². The van der Waals surface area contributed by atoms with Gasteiger partial charge in [-0.25, -0.2) is 4.79 Å². The molecule has 0 aliphatic carbocycles. The Morgan fingerprint density at radius 2 is 2.19 bits per heavy atom. The van der Waals surface area contributed by atoms with Gasteiger partial charge in [0.05, 0.1) is 19.3 Å². The first-order valence-corrected chi connectivity index (χ1v) is 7.78. The summed E-state index contributed by atoms with van der Waals surface area (Å²) in [7, 11) is 0. The molecule has 7 nitrogen and oxygen atoms in total. The monoisotopic (exact) mass is 298 g/mol. The number of guanidine groups is 1. The molecule has 0 aromatic heterocycles. The van der Waals surface area contributed by atoms with Gasteiger partial charge in [-0.15, -0.1) is 0 Å². The van der Waals surface area contributed by atoms with E-state index in [0.29, 0.717) is 32.2 Å². The van der Waals surface area contributed by atoms with Crippen LogP contribution < -0.4 is 11.1 Å². The smallest absolute Gasteiger partial charge is 0.409 e. The summed E-state index contributed by atoms with van der Waals surface area (Å²) in [5.74, 6) is 0.472. The number of ether oxygens (including phenoxy) is 2. The molecule has 2 saturated heterocycles. The van der Waals surface area contributed by atoms with Crippen molar-refractivity contribution >= 4 is 12.1 Å². The van der Waals surface area contributed by atoms with E-state index in [1.165, 1.54) is 0 Å². The molecule has 0 radical (unpaired) electrons. The minimum Gasteiger partial charge on any atom is -0.450 e. The lowest BCUT2D eigenvalue weighted by molar-refractivity contribution is 0.0963. The molecule has 2 heterocycles. The van der Waals surface area contributed by atoms with E-state index in [4.69, 9.17) is 15.2 Å². The molecule has 0 spiro atoms. The summed E-state index contributed by atoms with van der Waals surface area (Å²) in [4.78, 5) is 17.7. The van der Waals surface area contributed by atoms with Crippen molar-refractivity contribution in [2.45, 2.75) is 44.8 Å². The van der Waals surface area contributed by atoms with E-state index in [1.54, 1.807) is 4.90 Å². The Morgan fingerprint density at radius 1 is 1.43 bits per heavy atom. The van der Waals surface area contributed by atoms with Gasteiger partial charge in [-0.3, -0.25) is 4.99 Å². The summed E-state index contributed by atoms with van der Waals surface area (Å²) >= 11 is 0. The van der Waals surface area contributed by atoms with E-state index >= 15 is 0 Å². The van der Waals surface area contributed by atoms with Crippen LogP contribution in [0.2, 0.25) is 0 Å². The van der Waals surface area contributed by atoms with E-state index < -0.39 is 0 Å². The fourth-order valence-electron chi connectivity index (χ4n) is 2.66. The quantitative estimate of drug-likeness (QED) is 0.589. The van der Waals surface area contributed by atoms with Crippen LogP contribution in [0.5, 0.6) is 0 Å². The first kappa shape index (κ1) is 15.9. The van der Waals surface area contributed by atoms with E-state index in [9.17, 15) is 4.79 Å². The van der Waals surface area contributed by atoms with Crippen LogP contribution in [0.1, 0.15) is 32.6 Å². The Hall–Kier alpha value is -1.50. The van der Waals surface area contributed by atoms with Gasteiger partial charge in [0.25, 0.3) is 0 Å². The number of amides is 1. The lowest BCUT2D eigenvalue weighted by atomic mass is 10.1. The molecule has 120 valence electrons. The summed E-state index contributed by atoms with van der Waals surface area (Å²) in [5, 5.41) is 3.23. The number of hydrogen-bond donors (Lipinski definition) is 2. The minimum absolute atomic E-state index is 0.219. The largest absolute Gasteiger partial charge is 0.450 e.